The van der Waals surface area contributed by atoms with Gasteiger partial charge in [0, 0.05) is 29.2 Å². The number of nitrogens with one attached hydrogen (secondary N) is 2. The molecule has 0 aliphatic heterocycles. The van der Waals surface area contributed by atoms with Gasteiger partial charge in [-0.2, -0.15) is 0 Å². The number of carbonyl (C=O) groups excluding carboxylic acids is 1. The fourth-order valence-corrected chi connectivity index (χ4v) is 3.63. The highest BCUT2D eigenvalue weighted by Crippen LogP contribution is 2.25. The predicted octanol–water partition coefficient (Wildman–Crippen LogP) is 4.93. The van der Waals surface area contributed by atoms with Crippen LogP contribution in [0.3, 0.4) is 0 Å². The molecule has 0 saturated heterocycles. The second-order valence-corrected chi connectivity index (χ2v) is 7.01. The Balaban J connectivity index is 1.56. The zero-order valence-electron chi connectivity index (χ0n) is 16.4. The summed E-state index contributed by atoms with van der Waals surface area (Å²) >= 11 is 0. The molecule has 2 N–H and O–H groups in total. The number of fused-ring (bicyclic) bond motifs is 1. The highest BCUT2D eigenvalue weighted by molar-refractivity contribution is 6.10. The van der Waals surface area contributed by atoms with Crippen LogP contribution in [0.4, 0.5) is 0 Å². The number of benzene rings is 3. The molecule has 0 radical (unpaired) electrons. The van der Waals surface area contributed by atoms with Crippen molar-refractivity contribution in [2.24, 2.45) is 0 Å². The van der Waals surface area contributed by atoms with Gasteiger partial charge in [0.15, 0.2) is 5.78 Å². The molecular formula is C25H24N2O2. The molecule has 1 heterocycles. The first-order valence-corrected chi connectivity index (χ1v) is 9.78. The third-order valence-corrected chi connectivity index (χ3v) is 5.15. The number of rotatable bonds is 8. The summed E-state index contributed by atoms with van der Waals surface area (Å²) in [6.45, 7) is 0.681. The van der Waals surface area contributed by atoms with Crippen molar-refractivity contribution < 1.29 is 9.53 Å². The van der Waals surface area contributed by atoms with Crippen molar-refractivity contribution >= 4 is 16.7 Å². The lowest BCUT2D eigenvalue weighted by molar-refractivity contribution is 0.0945. The number of ketones is 1. The molecule has 1 aromatic heterocycles. The van der Waals surface area contributed by atoms with Crippen LogP contribution in [0.15, 0.2) is 85.1 Å². The summed E-state index contributed by atoms with van der Waals surface area (Å²) in [6, 6.07) is 25.4. The number of aromatic amines is 1. The van der Waals surface area contributed by atoms with E-state index in [0.717, 1.165) is 28.6 Å². The fraction of sp³-hybridized carbons (Fsp3) is 0.160. The smallest absolute Gasteiger partial charge is 0.186 e. The maximum atomic E-state index is 13.5. The molecule has 4 heteroatoms. The van der Waals surface area contributed by atoms with Gasteiger partial charge in [-0.15, -0.1) is 0 Å². The van der Waals surface area contributed by atoms with E-state index in [4.69, 9.17) is 4.74 Å². The van der Waals surface area contributed by atoms with Crippen LogP contribution in [0, 0.1) is 0 Å². The zero-order chi connectivity index (χ0) is 20.1. The lowest BCUT2D eigenvalue weighted by atomic mass is 9.96. The third-order valence-electron chi connectivity index (χ3n) is 5.15. The van der Waals surface area contributed by atoms with Crippen molar-refractivity contribution in [1.82, 2.24) is 10.3 Å². The van der Waals surface area contributed by atoms with Crippen LogP contribution in [0.2, 0.25) is 0 Å². The first-order chi connectivity index (χ1) is 14.3. The third kappa shape index (κ3) is 4.23. The molecule has 0 unspecified atom stereocenters. The molecule has 4 nitrogen and oxygen atoms in total. The number of aromatic nitrogens is 1. The average molecular weight is 384 g/mol. The number of ether oxygens (including phenoxy) is 1. The van der Waals surface area contributed by atoms with Gasteiger partial charge in [-0.3, -0.25) is 4.79 Å². The van der Waals surface area contributed by atoms with Crippen molar-refractivity contribution in [3.05, 3.63) is 102 Å². The SMILES string of the molecule is COc1cccc(CCN[C@@H](C(=O)c2c[nH]c3ccccc23)c2ccccc2)c1. The van der Waals surface area contributed by atoms with Crippen LogP contribution in [-0.4, -0.2) is 24.4 Å². The van der Waals surface area contributed by atoms with Gasteiger partial charge in [-0.1, -0.05) is 60.7 Å². The second kappa shape index (κ2) is 8.76. The van der Waals surface area contributed by atoms with Gasteiger partial charge in [-0.25, -0.2) is 0 Å². The Kier molecular flexibility index (Phi) is 5.73. The maximum Gasteiger partial charge on any atom is 0.186 e. The number of para-hydroxylation sites is 1. The molecule has 0 aliphatic carbocycles. The zero-order valence-corrected chi connectivity index (χ0v) is 16.4. The lowest BCUT2D eigenvalue weighted by Gasteiger charge is -2.18. The Morgan fingerprint density at radius 3 is 2.62 bits per heavy atom. The highest BCUT2D eigenvalue weighted by atomic mass is 16.5. The van der Waals surface area contributed by atoms with Crippen molar-refractivity contribution in [2.75, 3.05) is 13.7 Å². The summed E-state index contributed by atoms with van der Waals surface area (Å²) in [6.07, 6.45) is 2.62. The molecule has 146 valence electrons. The van der Waals surface area contributed by atoms with Crippen molar-refractivity contribution in [2.45, 2.75) is 12.5 Å². The maximum absolute atomic E-state index is 13.5. The van der Waals surface area contributed by atoms with Crippen LogP contribution in [0.25, 0.3) is 10.9 Å². The number of carbonyl (C=O) groups is 1. The van der Waals surface area contributed by atoms with Gasteiger partial charge < -0.3 is 15.0 Å². The van der Waals surface area contributed by atoms with Crippen LogP contribution in [-0.2, 0) is 6.42 Å². The monoisotopic (exact) mass is 384 g/mol. The van der Waals surface area contributed by atoms with E-state index < -0.39 is 6.04 Å². The quantitative estimate of drug-likeness (QED) is 0.423. The molecule has 4 aromatic rings. The number of methoxy groups -OCH3 is 1. The largest absolute Gasteiger partial charge is 0.497 e. The standard InChI is InChI=1S/C25H24N2O2/c1-29-20-11-7-8-18(16-20)14-15-26-24(19-9-3-2-4-10-19)25(28)22-17-27-23-13-6-5-12-21(22)23/h2-13,16-17,24,26-27H,14-15H2,1H3/t24-/m1/s1. The van der Waals surface area contributed by atoms with Gasteiger partial charge in [0.2, 0.25) is 0 Å². The fourth-order valence-electron chi connectivity index (χ4n) is 3.63. The minimum absolute atomic E-state index is 0.0688. The number of Topliss-reactive ketones (excluding diaryl/α,β-unsaturated/α-hetero) is 1. The molecular weight excluding hydrogens is 360 g/mol. The van der Waals surface area contributed by atoms with E-state index in [1.54, 1.807) is 7.11 Å². The molecule has 0 bridgehead atoms. The Labute approximate surface area is 170 Å². The number of hydrogen-bond donors (Lipinski definition) is 2. The molecule has 4 rings (SSSR count). The average Bonchev–Trinajstić information content (AvgIpc) is 3.21. The van der Waals surface area contributed by atoms with Gasteiger partial charge in [-0.05, 0) is 35.7 Å². The molecule has 0 spiro atoms. The van der Waals surface area contributed by atoms with E-state index in [1.165, 1.54) is 5.56 Å². The number of H-pyrrole nitrogens is 1. The van der Waals surface area contributed by atoms with E-state index in [9.17, 15) is 4.79 Å². The van der Waals surface area contributed by atoms with Gasteiger partial charge >= 0.3 is 0 Å². The Bertz CT molecular complexity index is 1100. The van der Waals surface area contributed by atoms with E-state index in [1.807, 2.05) is 79.0 Å². The molecule has 3 aromatic carbocycles. The summed E-state index contributed by atoms with van der Waals surface area (Å²) in [5.74, 6) is 0.913. The lowest BCUT2D eigenvalue weighted by Crippen LogP contribution is -2.30. The van der Waals surface area contributed by atoms with E-state index >= 15 is 0 Å². The Hall–Kier alpha value is -3.37. The predicted molar refractivity (Wildman–Crippen MR) is 117 cm³/mol. The van der Waals surface area contributed by atoms with Crippen LogP contribution < -0.4 is 10.1 Å². The summed E-state index contributed by atoms with van der Waals surface area (Å²) in [4.78, 5) is 16.7. The van der Waals surface area contributed by atoms with E-state index in [0.29, 0.717) is 12.1 Å². The van der Waals surface area contributed by atoms with Crippen molar-refractivity contribution in [3.63, 3.8) is 0 Å². The molecule has 0 fully saturated rings. The van der Waals surface area contributed by atoms with Crippen LogP contribution >= 0.6 is 0 Å². The molecule has 29 heavy (non-hydrogen) atoms. The normalized spacial score (nSPS) is 12.0. The first-order valence-electron chi connectivity index (χ1n) is 9.78. The van der Waals surface area contributed by atoms with Crippen LogP contribution in [0.5, 0.6) is 5.75 Å². The Morgan fingerprint density at radius 2 is 1.79 bits per heavy atom. The topological polar surface area (TPSA) is 54.1 Å². The van der Waals surface area contributed by atoms with Gasteiger partial charge in [0.1, 0.15) is 5.75 Å². The molecule has 0 aliphatic rings. The van der Waals surface area contributed by atoms with E-state index in [-0.39, 0.29) is 5.78 Å². The summed E-state index contributed by atoms with van der Waals surface area (Å²) in [7, 11) is 1.67. The number of hydrogen-bond acceptors (Lipinski definition) is 3. The van der Waals surface area contributed by atoms with Crippen molar-refractivity contribution in [3.8, 4) is 5.75 Å². The Morgan fingerprint density at radius 1 is 1.00 bits per heavy atom. The minimum atomic E-state index is -0.402. The van der Waals surface area contributed by atoms with E-state index in [2.05, 4.69) is 16.4 Å². The second-order valence-electron chi connectivity index (χ2n) is 7.01. The summed E-state index contributed by atoms with van der Waals surface area (Å²) in [5.41, 5.74) is 3.82. The van der Waals surface area contributed by atoms with Crippen LogP contribution in [0.1, 0.15) is 27.5 Å². The molecule has 0 amide bonds. The van der Waals surface area contributed by atoms with Gasteiger partial charge in [0.05, 0.1) is 13.2 Å². The summed E-state index contributed by atoms with van der Waals surface area (Å²) in [5, 5.41) is 4.42. The van der Waals surface area contributed by atoms with Gasteiger partial charge in [0.25, 0.3) is 0 Å². The molecule has 0 saturated carbocycles. The summed E-state index contributed by atoms with van der Waals surface area (Å²) < 4.78 is 5.30. The highest BCUT2D eigenvalue weighted by Gasteiger charge is 2.23. The van der Waals surface area contributed by atoms with Crippen molar-refractivity contribution in [1.29, 1.82) is 0 Å². The minimum Gasteiger partial charge on any atom is -0.497 e. The first kappa shape index (κ1) is 19.0. The molecule has 1 atom stereocenters.